The Hall–Kier alpha value is -5.49. The van der Waals surface area contributed by atoms with Gasteiger partial charge in [-0.05, 0) is 60.7 Å². The first-order chi connectivity index (χ1) is 21.1. The number of aromatic nitrogens is 4. The normalized spacial score (nSPS) is 11.2. The smallest absolute Gasteiger partial charge is 0.324 e. The quantitative estimate of drug-likeness (QED) is 0.154. The first-order valence-corrected chi connectivity index (χ1v) is 14.1. The van der Waals surface area contributed by atoms with E-state index in [9.17, 15) is 9.59 Å². The van der Waals surface area contributed by atoms with Crippen molar-refractivity contribution in [2.24, 2.45) is 5.73 Å². The Labute approximate surface area is 255 Å². The monoisotopic (exact) mass is 593 g/mol. The van der Waals surface area contributed by atoms with E-state index in [1.54, 1.807) is 41.1 Å². The molecule has 0 unspecified atom stereocenters. The summed E-state index contributed by atoms with van der Waals surface area (Å²) >= 11 is 0. The summed E-state index contributed by atoms with van der Waals surface area (Å²) in [6, 6.07) is 21.3. The van der Waals surface area contributed by atoms with Gasteiger partial charge < -0.3 is 26.4 Å². The zero-order valence-corrected chi connectivity index (χ0v) is 25.0. The minimum absolute atomic E-state index is 0.244. The second-order valence-corrected chi connectivity index (χ2v) is 11.0. The summed E-state index contributed by atoms with van der Waals surface area (Å²) in [6.07, 6.45) is 1.50. The number of urea groups is 1. The van der Waals surface area contributed by atoms with E-state index in [4.69, 9.17) is 15.6 Å². The van der Waals surface area contributed by atoms with Crippen molar-refractivity contribution >= 4 is 40.2 Å². The van der Waals surface area contributed by atoms with E-state index in [2.05, 4.69) is 52.0 Å². The summed E-state index contributed by atoms with van der Waals surface area (Å²) in [5.74, 6) is 1.97. The maximum absolute atomic E-state index is 13.1. The number of ether oxygens (including phenoxy) is 1. The first-order valence-electron chi connectivity index (χ1n) is 14.1. The number of pyridine rings is 2. The second kappa shape index (κ2) is 12.8. The number of nitrogens with one attached hydrogen (secondary N) is 4. The Balaban J connectivity index is 1.31. The molecule has 3 amide bonds. The topological polar surface area (TPSA) is 161 Å². The zero-order valence-electron chi connectivity index (χ0n) is 25.0. The van der Waals surface area contributed by atoms with Crippen LogP contribution >= 0.6 is 0 Å². The van der Waals surface area contributed by atoms with Gasteiger partial charge >= 0.3 is 6.03 Å². The van der Waals surface area contributed by atoms with Crippen molar-refractivity contribution in [2.45, 2.75) is 26.2 Å². The fourth-order valence-corrected chi connectivity index (χ4v) is 4.32. The predicted octanol–water partition coefficient (Wildman–Crippen LogP) is 5.28. The predicted molar refractivity (Wildman–Crippen MR) is 172 cm³/mol. The van der Waals surface area contributed by atoms with Crippen LogP contribution in [0.3, 0.4) is 0 Å². The molecule has 0 saturated heterocycles. The molecule has 5 rings (SSSR count). The van der Waals surface area contributed by atoms with E-state index in [1.165, 1.54) is 13.2 Å². The largest absolute Gasteiger partial charge is 0.457 e. The zero-order chi connectivity index (χ0) is 31.3. The number of nitrogens with two attached hydrogens (primary N) is 1. The van der Waals surface area contributed by atoms with Crippen LogP contribution in [0.25, 0.3) is 16.6 Å². The van der Waals surface area contributed by atoms with Crippen molar-refractivity contribution in [1.29, 1.82) is 0 Å². The average molecular weight is 594 g/mol. The summed E-state index contributed by atoms with van der Waals surface area (Å²) in [5.41, 5.74) is 8.60. The number of hydrogen-bond donors (Lipinski definition) is 5. The van der Waals surface area contributed by atoms with E-state index in [-0.39, 0.29) is 17.0 Å². The van der Waals surface area contributed by atoms with Gasteiger partial charge in [0, 0.05) is 55.0 Å². The highest BCUT2D eigenvalue weighted by atomic mass is 16.5. The van der Waals surface area contributed by atoms with Gasteiger partial charge in [0.2, 0.25) is 0 Å². The van der Waals surface area contributed by atoms with Gasteiger partial charge in [0.15, 0.2) is 0 Å². The molecule has 0 aliphatic heterocycles. The number of rotatable bonds is 9. The van der Waals surface area contributed by atoms with Crippen LogP contribution in [-0.2, 0) is 5.41 Å². The van der Waals surface area contributed by atoms with Crippen molar-refractivity contribution in [3.8, 4) is 17.2 Å². The lowest BCUT2D eigenvalue weighted by Gasteiger charge is -2.14. The van der Waals surface area contributed by atoms with Crippen LogP contribution in [0.15, 0.2) is 79.0 Å². The molecule has 0 aliphatic rings. The standard InChI is InChI=1S/C32H35N9O3/c1-32(2,3)27-19-29(41(40-27)22-8-11-25-20(17-22)5-12-28(38-25)36-16-14-33)39-31(43)37-21-6-9-23(10-7-21)44-24-13-15-35-26(18-24)30(42)34-4/h5-13,15,17-19H,14,16,33H2,1-4H3,(H,34,42)(H,36,38)(H2,37,39,43). The molecule has 12 nitrogen and oxygen atoms in total. The van der Waals surface area contributed by atoms with Crippen LogP contribution in [0.1, 0.15) is 37.0 Å². The van der Waals surface area contributed by atoms with Gasteiger partial charge in [-0.15, -0.1) is 0 Å². The molecule has 226 valence electrons. The van der Waals surface area contributed by atoms with Crippen LogP contribution in [-0.4, -0.2) is 51.8 Å². The molecule has 5 aromatic rings. The number of hydrogen-bond acceptors (Lipinski definition) is 8. The number of anilines is 3. The number of benzene rings is 2. The summed E-state index contributed by atoms with van der Waals surface area (Å²) in [6.45, 7) is 7.36. The minimum Gasteiger partial charge on any atom is -0.457 e. The molecule has 3 aromatic heterocycles. The molecule has 3 heterocycles. The van der Waals surface area contributed by atoms with Gasteiger partial charge in [-0.1, -0.05) is 20.8 Å². The molecule has 2 aromatic carbocycles. The molecule has 0 radical (unpaired) electrons. The summed E-state index contributed by atoms with van der Waals surface area (Å²) in [5, 5.41) is 17.3. The average Bonchev–Trinajstić information content (AvgIpc) is 3.44. The molecule has 0 spiro atoms. The fourth-order valence-electron chi connectivity index (χ4n) is 4.32. The van der Waals surface area contributed by atoms with Crippen molar-refractivity contribution in [3.63, 3.8) is 0 Å². The number of amides is 3. The van der Waals surface area contributed by atoms with Crippen LogP contribution < -0.4 is 31.7 Å². The van der Waals surface area contributed by atoms with Crippen LogP contribution in [0.5, 0.6) is 11.5 Å². The summed E-state index contributed by atoms with van der Waals surface area (Å²) in [4.78, 5) is 33.6. The molecular formula is C32H35N9O3. The highest BCUT2D eigenvalue weighted by molar-refractivity contribution is 5.99. The highest BCUT2D eigenvalue weighted by Crippen LogP contribution is 2.28. The van der Waals surface area contributed by atoms with Crippen molar-refractivity contribution in [2.75, 3.05) is 36.1 Å². The lowest BCUT2D eigenvalue weighted by Crippen LogP contribution is -2.21. The number of nitrogens with zero attached hydrogens (tertiary/aromatic N) is 4. The molecule has 0 atom stereocenters. The van der Waals surface area contributed by atoms with Crippen molar-refractivity contribution < 1.29 is 14.3 Å². The molecule has 0 aliphatic carbocycles. The summed E-state index contributed by atoms with van der Waals surface area (Å²) < 4.78 is 7.57. The third-order valence-electron chi connectivity index (χ3n) is 6.63. The Kier molecular flexibility index (Phi) is 8.72. The van der Waals surface area contributed by atoms with Gasteiger partial charge in [-0.25, -0.2) is 14.5 Å². The van der Waals surface area contributed by atoms with Crippen molar-refractivity contribution in [3.05, 3.63) is 90.4 Å². The van der Waals surface area contributed by atoms with Crippen LogP contribution in [0, 0.1) is 0 Å². The van der Waals surface area contributed by atoms with Gasteiger partial charge in [0.05, 0.1) is 16.9 Å². The number of carbonyl (C=O) groups is 2. The SMILES string of the molecule is CNC(=O)c1cc(Oc2ccc(NC(=O)Nc3cc(C(C)(C)C)nn3-c3ccc4nc(NCCN)ccc4c3)cc2)ccn1. The van der Waals surface area contributed by atoms with Gasteiger partial charge in [0.1, 0.15) is 28.8 Å². The van der Waals surface area contributed by atoms with Crippen molar-refractivity contribution in [1.82, 2.24) is 25.1 Å². The summed E-state index contributed by atoms with van der Waals surface area (Å²) in [7, 11) is 1.54. The lowest BCUT2D eigenvalue weighted by atomic mass is 9.92. The Morgan fingerprint density at radius 2 is 1.73 bits per heavy atom. The maximum atomic E-state index is 13.1. The van der Waals surface area contributed by atoms with E-state index in [1.807, 2.05) is 36.4 Å². The van der Waals surface area contributed by atoms with E-state index in [0.717, 1.165) is 28.1 Å². The minimum atomic E-state index is -0.428. The van der Waals surface area contributed by atoms with Crippen LogP contribution in [0.4, 0.5) is 22.1 Å². The molecule has 6 N–H and O–H groups in total. The van der Waals surface area contributed by atoms with E-state index < -0.39 is 6.03 Å². The lowest BCUT2D eigenvalue weighted by molar-refractivity contribution is 0.0957. The maximum Gasteiger partial charge on any atom is 0.324 e. The third-order valence-corrected chi connectivity index (χ3v) is 6.63. The second-order valence-electron chi connectivity index (χ2n) is 11.0. The van der Waals surface area contributed by atoms with E-state index in [0.29, 0.717) is 36.1 Å². The Morgan fingerprint density at radius 1 is 0.932 bits per heavy atom. The molecule has 0 bridgehead atoms. The highest BCUT2D eigenvalue weighted by Gasteiger charge is 2.22. The number of fused-ring (bicyclic) bond motifs is 1. The van der Waals surface area contributed by atoms with E-state index >= 15 is 0 Å². The molecule has 0 saturated carbocycles. The molecule has 44 heavy (non-hydrogen) atoms. The fraction of sp³-hybridized carbons (Fsp3) is 0.219. The number of carbonyl (C=O) groups excluding carboxylic acids is 2. The Bertz CT molecular complexity index is 1790. The first kappa shape index (κ1) is 30.0. The third kappa shape index (κ3) is 7.10. The molecule has 0 fully saturated rings. The Morgan fingerprint density at radius 3 is 2.45 bits per heavy atom. The molecular weight excluding hydrogens is 558 g/mol. The van der Waals surface area contributed by atoms with Gasteiger partial charge in [0.25, 0.3) is 5.91 Å². The van der Waals surface area contributed by atoms with Gasteiger partial charge in [-0.2, -0.15) is 5.10 Å². The molecule has 12 heteroatoms. The van der Waals surface area contributed by atoms with Gasteiger partial charge in [-0.3, -0.25) is 15.1 Å². The van der Waals surface area contributed by atoms with Crippen LogP contribution in [0.2, 0.25) is 0 Å².